The number of carbonyl (C=O) groups excluding carboxylic acids is 1. The van der Waals surface area contributed by atoms with Gasteiger partial charge in [0, 0.05) is 12.8 Å². The van der Waals surface area contributed by atoms with Gasteiger partial charge in [-0.3, -0.25) is 4.79 Å². The summed E-state index contributed by atoms with van der Waals surface area (Å²) in [6.45, 7) is 2.31. The lowest BCUT2D eigenvalue weighted by atomic mass is 10.0. The van der Waals surface area contributed by atoms with E-state index in [-0.39, 0.29) is 0 Å². The zero-order chi connectivity index (χ0) is 7.14. The normalized spacial score (nSPS) is 46.1. The Labute approximate surface area is 61.8 Å². The molecule has 56 valence electrons. The summed E-state index contributed by atoms with van der Waals surface area (Å²) < 4.78 is 0. The van der Waals surface area contributed by atoms with Crippen molar-refractivity contribution in [2.75, 3.05) is 0 Å². The molecule has 0 amide bonds. The first-order valence-corrected chi connectivity index (χ1v) is 4.27. The number of hydrogen-bond acceptors (Lipinski definition) is 1. The number of carbonyl (C=O) groups is 1. The molecule has 10 heavy (non-hydrogen) atoms. The van der Waals surface area contributed by atoms with E-state index in [1.54, 1.807) is 0 Å². The average Bonchev–Trinajstić information content (AvgIpc) is 2.21. The zero-order valence-electron chi connectivity index (χ0n) is 6.47. The summed E-state index contributed by atoms with van der Waals surface area (Å²) in [5.74, 6) is 2.97. The van der Waals surface area contributed by atoms with Gasteiger partial charge in [0.1, 0.15) is 5.78 Å². The van der Waals surface area contributed by atoms with E-state index in [1.165, 1.54) is 12.8 Å². The Morgan fingerprint density at radius 3 is 2.20 bits per heavy atom. The van der Waals surface area contributed by atoms with Crippen LogP contribution in [0.3, 0.4) is 0 Å². The minimum absolute atomic E-state index is 0.516. The Kier molecular flexibility index (Phi) is 1.33. The van der Waals surface area contributed by atoms with Gasteiger partial charge in [-0.25, -0.2) is 0 Å². The van der Waals surface area contributed by atoms with Crippen molar-refractivity contribution in [3.63, 3.8) is 0 Å². The highest BCUT2D eigenvalue weighted by Crippen LogP contribution is 2.44. The van der Waals surface area contributed by atoms with Crippen molar-refractivity contribution in [1.29, 1.82) is 0 Å². The molecule has 1 unspecified atom stereocenters. The Morgan fingerprint density at radius 1 is 1.20 bits per heavy atom. The van der Waals surface area contributed by atoms with Gasteiger partial charge in [0.05, 0.1) is 0 Å². The van der Waals surface area contributed by atoms with Gasteiger partial charge in [-0.2, -0.15) is 0 Å². The summed E-state index contributed by atoms with van der Waals surface area (Å²) in [6, 6.07) is 0. The minimum atomic E-state index is 0.516. The second-order valence-corrected chi connectivity index (χ2v) is 4.04. The number of rotatable bonds is 0. The van der Waals surface area contributed by atoms with Crippen LogP contribution in [0.4, 0.5) is 0 Å². The Bertz CT molecular complexity index is 146. The van der Waals surface area contributed by atoms with Crippen LogP contribution >= 0.6 is 0 Å². The quantitative estimate of drug-likeness (QED) is 0.500. The maximum absolute atomic E-state index is 11.0. The molecule has 0 saturated heterocycles. The largest absolute Gasteiger partial charge is 0.300 e. The van der Waals surface area contributed by atoms with Crippen molar-refractivity contribution in [3.8, 4) is 0 Å². The zero-order valence-corrected chi connectivity index (χ0v) is 6.47. The molecule has 0 aromatic carbocycles. The van der Waals surface area contributed by atoms with Gasteiger partial charge in [-0.15, -0.1) is 0 Å². The molecule has 0 N–H and O–H groups in total. The Balaban J connectivity index is 2.06. The summed E-state index contributed by atoms with van der Waals surface area (Å²) >= 11 is 0. The van der Waals surface area contributed by atoms with E-state index in [2.05, 4.69) is 6.92 Å². The highest BCUT2D eigenvalue weighted by Gasteiger charge is 2.39. The van der Waals surface area contributed by atoms with E-state index >= 15 is 0 Å². The van der Waals surface area contributed by atoms with E-state index in [4.69, 9.17) is 0 Å². The SMILES string of the molecule is CC1C[C@H]2CC(=O)C[C@H]2C1. The minimum Gasteiger partial charge on any atom is -0.300 e. The van der Waals surface area contributed by atoms with Gasteiger partial charge < -0.3 is 0 Å². The number of fused-ring (bicyclic) bond motifs is 1. The topological polar surface area (TPSA) is 17.1 Å². The molecular formula is C9H14O. The molecule has 2 aliphatic carbocycles. The molecule has 0 heterocycles. The Hall–Kier alpha value is -0.330. The second kappa shape index (κ2) is 2.08. The molecule has 1 heteroatoms. The lowest BCUT2D eigenvalue weighted by Crippen LogP contribution is -1.95. The molecule has 1 nitrogen and oxygen atoms in total. The fourth-order valence-electron chi connectivity index (χ4n) is 2.68. The van der Waals surface area contributed by atoms with Crippen LogP contribution in [0.15, 0.2) is 0 Å². The average molecular weight is 138 g/mol. The summed E-state index contributed by atoms with van der Waals surface area (Å²) in [5, 5.41) is 0. The van der Waals surface area contributed by atoms with Crippen molar-refractivity contribution in [2.45, 2.75) is 32.6 Å². The molecule has 0 aromatic rings. The van der Waals surface area contributed by atoms with Crippen molar-refractivity contribution in [3.05, 3.63) is 0 Å². The lowest BCUT2D eigenvalue weighted by molar-refractivity contribution is -0.117. The molecule has 2 saturated carbocycles. The summed E-state index contributed by atoms with van der Waals surface area (Å²) in [6.07, 6.45) is 4.43. The highest BCUT2D eigenvalue weighted by molar-refractivity contribution is 5.81. The molecule has 0 aliphatic heterocycles. The van der Waals surface area contributed by atoms with Gasteiger partial charge in [-0.1, -0.05) is 6.92 Å². The monoisotopic (exact) mass is 138 g/mol. The van der Waals surface area contributed by atoms with Gasteiger partial charge >= 0.3 is 0 Å². The van der Waals surface area contributed by atoms with Gasteiger partial charge in [0.15, 0.2) is 0 Å². The van der Waals surface area contributed by atoms with Gasteiger partial charge in [0.2, 0.25) is 0 Å². The molecule has 2 fully saturated rings. The van der Waals surface area contributed by atoms with Gasteiger partial charge in [-0.05, 0) is 30.6 Å². The third-order valence-corrected chi connectivity index (χ3v) is 3.06. The van der Waals surface area contributed by atoms with E-state index < -0.39 is 0 Å². The molecule has 2 aliphatic rings. The second-order valence-electron chi connectivity index (χ2n) is 4.04. The maximum Gasteiger partial charge on any atom is 0.133 e. The fourth-order valence-corrected chi connectivity index (χ4v) is 2.68. The van der Waals surface area contributed by atoms with Crippen LogP contribution in [-0.4, -0.2) is 5.78 Å². The van der Waals surface area contributed by atoms with Crippen LogP contribution in [0.2, 0.25) is 0 Å². The van der Waals surface area contributed by atoms with Crippen molar-refractivity contribution >= 4 is 5.78 Å². The third-order valence-electron chi connectivity index (χ3n) is 3.06. The first-order valence-electron chi connectivity index (χ1n) is 4.27. The van der Waals surface area contributed by atoms with Crippen LogP contribution < -0.4 is 0 Å². The smallest absolute Gasteiger partial charge is 0.133 e. The third kappa shape index (κ3) is 0.882. The van der Waals surface area contributed by atoms with Gasteiger partial charge in [0.25, 0.3) is 0 Å². The van der Waals surface area contributed by atoms with Crippen molar-refractivity contribution in [2.24, 2.45) is 17.8 Å². The Morgan fingerprint density at radius 2 is 1.70 bits per heavy atom. The number of Topliss-reactive ketones (excluding diaryl/α,β-unsaturated/α-hetero) is 1. The summed E-state index contributed by atoms with van der Waals surface area (Å²) in [5.41, 5.74) is 0. The van der Waals surface area contributed by atoms with E-state index in [0.29, 0.717) is 5.78 Å². The molecule has 3 atom stereocenters. The number of hydrogen-bond donors (Lipinski definition) is 0. The fraction of sp³-hybridized carbons (Fsp3) is 0.889. The number of ketones is 1. The molecule has 2 rings (SSSR count). The lowest BCUT2D eigenvalue weighted by Gasteiger charge is -2.03. The predicted molar refractivity (Wildman–Crippen MR) is 39.6 cm³/mol. The molecule has 0 radical (unpaired) electrons. The van der Waals surface area contributed by atoms with Crippen LogP contribution in [0, 0.1) is 17.8 Å². The van der Waals surface area contributed by atoms with Crippen LogP contribution in [0.5, 0.6) is 0 Å². The molecular weight excluding hydrogens is 124 g/mol. The first kappa shape index (κ1) is 6.38. The van der Waals surface area contributed by atoms with Crippen molar-refractivity contribution in [1.82, 2.24) is 0 Å². The first-order chi connectivity index (χ1) is 4.75. The van der Waals surface area contributed by atoms with Crippen LogP contribution in [0.25, 0.3) is 0 Å². The predicted octanol–water partition coefficient (Wildman–Crippen LogP) is 2.01. The standard InChI is InChI=1S/C9H14O/c1-6-2-7-4-9(10)5-8(7)3-6/h6-8H,2-5H2,1H3/t6?,7-,8+. The molecule has 0 bridgehead atoms. The molecule has 0 spiro atoms. The van der Waals surface area contributed by atoms with Crippen molar-refractivity contribution < 1.29 is 4.79 Å². The van der Waals surface area contributed by atoms with E-state index in [9.17, 15) is 4.79 Å². The maximum atomic E-state index is 11.0. The molecule has 0 aromatic heterocycles. The summed E-state index contributed by atoms with van der Waals surface area (Å²) in [4.78, 5) is 11.0. The summed E-state index contributed by atoms with van der Waals surface area (Å²) in [7, 11) is 0. The van der Waals surface area contributed by atoms with Crippen LogP contribution in [-0.2, 0) is 4.79 Å². The highest BCUT2D eigenvalue weighted by atomic mass is 16.1. The van der Waals surface area contributed by atoms with E-state index in [0.717, 1.165) is 30.6 Å². The van der Waals surface area contributed by atoms with Crippen LogP contribution in [0.1, 0.15) is 32.6 Å². The van der Waals surface area contributed by atoms with E-state index in [1.807, 2.05) is 0 Å².